The maximum Gasteiger partial charge on any atom is 0.253 e. The highest BCUT2D eigenvalue weighted by atomic mass is 16.5. The van der Waals surface area contributed by atoms with Crippen LogP contribution in [0, 0.1) is 6.92 Å². The number of piperidine rings is 1. The quantitative estimate of drug-likeness (QED) is 0.870. The van der Waals surface area contributed by atoms with Crippen LogP contribution in [0.25, 0.3) is 10.9 Å². The molecule has 1 aromatic heterocycles. The van der Waals surface area contributed by atoms with Crippen molar-refractivity contribution < 1.29 is 14.6 Å². The number of rotatable bonds is 3. The van der Waals surface area contributed by atoms with Crippen molar-refractivity contribution in [1.82, 2.24) is 14.8 Å². The van der Waals surface area contributed by atoms with Crippen LogP contribution in [0.15, 0.2) is 18.2 Å². The monoisotopic (exact) mass is 371 g/mol. The van der Waals surface area contributed by atoms with Gasteiger partial charge >= 0.3 is 0 Å². The normalized spacial score (nSPS) is 20.2. The highest BCUT2D eigenvalue weighted by molar-refractivity contribution is 6.08. The number of benzene rings is 1. The van der Waals surface area contributed by atoms with Gasteiger partial charge in [0.1, 0.15) is 5.75 Å². The number of ether oxygens (including phenoxy) is 1. The molecule has 6 nitrogen and oxygen atoms in total. The van der Waals surface area contributed by atoms with E-state index >= 15 is 0 Å². The molecule has 2 aliphatic rings. The van der Waals surface area contributed by atoms with E-state index in [0.29, 0.717) is 11.6 Å². The largest absolute Gasteiger partial charge is 0.508 e. The molecule has 2 N–H and O–H groups in total. The minimum Gasteiger partial charge on any atom is -0.508 e. The SMILES string of the molecule is Cc1c(C(=O)NC2CCN(C3CCOCC3)CC2)c2cc(O)ccc2n1C. The summed E-state index contributed by atoms with van der Waals surface area (Å²) in [5, 5.41) is 13.9. The lowest BCUT2D eigenvalue weighted by atomic mass is 9.99. The molecule has 0 unspecified atom stereocenters. The van der Waals surface area contributed by atoms with E-state index in [1.807, 2.05) is 24.6 Å². The number of carbonyl (C=O) groups is 1. The molecule has 2 aliphatic heterocycles. The van der Waals surface area contributed by atoms with Crippen LogP contribution in [-0.4, -0.2) is 58.9 Å². The number of hydrogen-bond acceptors (Lipinski definition) is 4. The van der Waals surface area contributed by atoms with Gasteiger partial charge in [0.25, 0.3) is 5.91 Å². The van der Waals surface area contributed by atoms with Gasteiger partial charge in [0, 0.05) is 62.0 Å². The smallest absolute Gasteiger partial charge is 0.253 e. The van der Waals surface area contributed by atoms with E-state index in [0.717, 1.165) is 68.6 Å². The van der Waals surface area contributed by atoms with Crippen molar-refractivity contribution in [2.75, 3.05) is 26.3 Å². The number of aryl methyl sites for hydroxylation is 1. The fourth-order valence-electron chi connectivity index (χ4n) is 4.56. The second kappa shape index (κ2) is 7.52. The average Bonchev–Trinajstić information content (AvgIpc) is 2.93. The third-order valence-corrected chi connectivity index (χ3v) is 6.27. The number of carbonyl (C=O) groups excluding carboxylic acids is 1. The highest BCUT2D eigenvalue weighted by Crippen LogP contribution is 2.28. The molecule has 6 heteroatoms. The summed E-state index contributed by atoms with van der Waals surface area (Å²) in [7, 11) is 1.96. The zero-order valence-corrected chi connectivity index (χ0v) is 16.2. The van der Waals surface area contributed by atoms with Crippen molar-refractivity contribution in [2.45, 2.75) is 44.7 Å². The summed E-state index contributed by atoms with van der Waals surface area (Å²) in [5.41, 5.74) is 2.56. The van der Waals surface area contributed by atoms with E-state index in [2.05, 4.69) is 10.2 Å². The van der Waals surface area contributed by atoms with Crippen molar-refractivity contribution in [3.05, 3.63) is 29.5 Å². The third kappa shape index (κ3) is 3.56. The maximum absolute atomic E-state index is 13.0. The van der Waals surface area contributed by atoms with E-state index in [1.165, 1.54) is 0 Å². The first-order valence-electron chi connectivity index (χ1n) is 9.95. The summed E-state index contributed by atoms with van der Waals surface area (Å²) in [6.07, 6.45) is 4.21. The van der Waals surface area contributed by atoms with E-state index in [-0.39, 0.29) is 17.7 Å². The van der Waals surface area contributed by atoms with Gasteiger partial charge in [-0.1, -0.05) is 0 Å². The topological polar surface area (TPSA) is 66.7 Å². The minimum atomic E-state index is -0.0341. The molecule has 146 valence electrons. The highest BCUT2D eigenvalue weighted by Gasteiger charge is 2.28. The van der Waals surface area contributed by atoms with Crippen LogP contribution in [0.4, 0.5) is 0 Å². The fourth-order valence-corrected chi connectivity index (χ4v) is 4.56. The molecule has 0 saturated carbocycles. The fraction of sp³-hybridized carbons (Fsp3) is 0.571. The van der Waals surface area contributed by atoms with Gasteiger partial charge < -0.3 is 24.6 Å². The predicted octanol–water partition coefficient (Wildman–Crippen LogP) is 2.57. The van der Waals surface area contributed by atoms with E-state index in [9.17, 15) is 9.90 Å². The molecule has 0 spiro atoms. The first-order valence-corrected chi connectivity index (χ1v) is 9.95. The number of amides is 1. The average molecular weight is 371 g/mol. The molecule has 2 fully saturated rings. The van der Waals surface area contributed by atoms with Crippen molar-refractivity contribution >= 4 is 16.8 Å². The number of likely N-dealkylation sites (tertiary alicyclic amines) is 1. The van der Waals surface area contributed by atoms with Crippen LogP contribution in [0.5, 0.6) is 5.75 Å². The molecule has 0 aliphatic carbocycles. The summed E-state index contributed by atoms with van der Waals surface area (Å²) >= 11 is 0. The van der Waals surface area contributed by atoms with Gasteiger partial charge in [-0.15, -0.1) is 0 Å². The van der Waals surface area contributed by atoms with Gasteiger partial charge in [0.15, 0.2) is 0 Å². The second-order valence-corrected chi connectivity index (χ2v) is 7.85. The van der Waals surface area contributed by atoms with E-state index in [1.54, 1.807) is 12.1 Å². The Hall–Kier alpha value is -2.05. The molecule has 1 amide bonds. The number of aromatic hydroxyl groups is 1. The number of phenols is 1. The van der Waals surface area contributed by atoms with Gasteiger partial charge in [0.05, 0.1) is 5.56 Å². The Bertz CT molecular complexity index is 831. The Balaban J connectivity index is 1.44. The van der Waals surface area contributed by atoms with Crippen molar-refractivity contribution in [3.8, 4) is 5.75 Å². The first kappa shape index (κ1) is 18.3. The van der Waals surface area contributed by atoms with Crippen molar-refractivity contribution in [2.24, 2.45) is 7.05 Å². The molecule has 1 aromatic carbocycles. The Kier molecular flexibility index (Phi) is 5.10. The number of aromatic nitrogens is 1. The number of nitrogens with zero attached hydrogens (tertiary/aromatic N) is 2. The molecule has 4 rings (SSSR count). The van der Waals surface area contributed by atoms with Crippen LogP contribution in [-0.2, 0) is 11.8 Å². The number of phenolic OH excluding ortho intramolecular Hbond substituents is 1. The van der Waals surface area contributed by atoms with Crippen LogP contribution in [0.1, 0.15) is 41.7 Å². The van der Waals surface area contributed by atoms with Crippen molar-refractivity contribution in [3.63, 3.8) is 0 Å². The summed E-state index contributed by atoms with van der Waals surface area (Å²) in [6, 6.07) is 6.06. The Labute approximate surface area is 160 Å². The van der Waals surface area contributed by atoms with E-state index in [4.69, 9.17) is 4.74 Å². The molecule has 3 heterocycles. The van der Waals surface area contributed by atoms with Gasteiger partial charge in [-0.3, -0.25) is 4.79 Å². The molecule has 2 saturated heterocycles. The minimum absolute atomic E-state index is 0.0341. The van der Waals surface area contributed by atoms with Gasteiger partial charge in [0.2, 0.25) is 0 Å². The maximum atomic E-state index is 13.0. The molecule has 27 heavy (non-hydrogen) atoms. The summed E-state index contributed by atoms with van der Waals surface area (Å²) in [6.45, 7) is 5.76. The lowest BCUT2D eigenvalue weighted by Gasteiger charge is -2.39. The predicted molar refractivity (Wildman–Crippen MR) is 105 cm³/mol. The van der Waals surface area contributed by atoms with Gasteiger partial charge in [-0.2, -0.15) is 0 Å². The van der Waals surface area contributed by atoms with E-state index < -0.39 is 0 Å². The van der Waals surface area contributed by atoms with Gasteiger partial charge in [-0.25, -0.2) is 0 Å². The standard InChI is InChI=1S/C21H29N3O3/c1-14-20(18-13-17(25)3-4-19(18)23(14)2)21(26)22-15-5-9-24(10-6-15)16-7-11-27-12-8-16/h3-4,13,15-16,25H,5-12H2,1-2H3,(H,22,26). The van der Waals surface area contributed by atoms with Gasteiger partial charge in [-0.05, 0) is 50.8 Å². The Morgan fingerprint density at radius 3 is 2.59 bits per heavy atom. The summed E-state index contributed by atoms with van der Waals surface area (Å²) < 4.78 is 7.48. The molecule has 0 radical (unpaired) electrons. The van der Waals surface area contributed by atoms with Crippen molar-refractivity contribution in [1.29, 1.82) is 0 Å². The summed E-state index contributed by atoms with van der Waals surface area (Å²) in [4.78, 5) is 15.6. The van der Waals surface area contributed by atoms with Crippen LogP contribution in [0.3, 0.4) is 0 Å². The number of hydrogen-bond donors (Lipinski definition) is 2. The molecule has 0 atom stereocenters. The number of nitrogens with one attached hydrogen (secondary N) is 1. The van der Waals surface area contributed by atoms with Crippen LogP contribution >= 0.6 is 0 Å². The zero-order chi connectivity index (χ0) is 19.0. The molecular formula is C21H29N3O3. The molecule has 0 bridgehead atoms. The first-order chi connectivity index (χ1) is 13.0. The van der Waals surface area contributed by atoms with Crippen LogP contribution in [0.2, 0.25) is 0 Å². The van der Waals surface area contributed by atoms with Crippen LogP contribution < -0.4 is 5.32 Å². The second-order valence-electron chi connectivity index (χ2n) is 7.85. The molecular weight excluding hydrogens is 342 g/mol. The molecule has 2 aromatic rings. The Morgan fingerprint density at radius 1 is 1.19 bits per heavy atom. The Morgan fingerprint density at radius 2 is 1.89 bits per heavy atom. The summed E-state index contributed by atoms with van der Waals surface area (Å²) in [5.74, 6) is 0.153. The third-order valence-electron chi connectivity index (χ3n) is 6.27. The lowest BCUT2D eigenvalue weighted by molar-refractivity contribution is 0.0238. The lowest BCUT2D eigenvalue weighted by Crippen LogP contribution is -2.49. The number of fused-ring (bicyclic) bond motifs is 1. The zero-order valence-electron chi connectivity index (χ0n) is 16.2.